The van der Waals surface area contributed by atoms with E-state index in [2.05, 4.69) is 26.1 Å². The molecule has 1 aromatic heterocycles. The zero-order valence-corrected chi connectivity index (χ0v) is 18.2. The highest BCUT2D eigenvalue weighted by Crippen LogP contribution is 2.39. The first-order chi connectivity index (χ1) is 13.7. The number of fused-ring (bicyclic) bond motifs is 2. The normalized spacial score (nSPS) is 17.5. The Morgan fingerprint density at radius 1 is 1.28 bits per heavy atom. The maximum absolute atomic E-state index is 13.1. The van der Waals surface area contributed by atoms with E-state index in [0.717, 1.165) is 47.8 Å². The molecule has 0 fully saturated rings. The summed E-state index contributed by atoms with van der Waals surface area (Å²) < 4.78 is 5.45. The molecule has 0 unspecified atom stereocenters. The lowest BCUT2D eigenvalue weighted by Gasteiger charge is -2.35. The second kappa shape index (κ2) is 8.52. The van der Waals surface area contributed by atoms with E-state index < -0.39 is 5.97 Å². The number of hydrogen-bond donors (Lipinski definition) is 1. The van der Waals surface area contributed by atoms with Crippen molar-refractivity contribution in [3.8, 4) is 0 Å². The summed E-state index contributed by atoms with van der Waals surface area (Å²) in [5, 5.41) is 3.63. The lowest BCUT2D eigenvalue weighted by atomic mass is 9.70. The van der Waals surface area contributed by atoms with Gasteiger partial charge in [0.05, 0.1) is 11.1 Å². The van der Waals surface area contributed by atoms with E-state index in [0.29, 0.717) is 11.5 Å². The molecule has 0 spiro atoms. The van der Waals surface area contributed by atoms with E-state index >= 15 is 0 Å². The number of aryl methyl sites for hydroxylation is 1. The largest absolute Gasteiger partial charge is 0.452 e. The first kappa shape index (κ1) is 21.3. The second-order valence-corrected chi connectivity index (χ2v) is 9.19. The number of carbonyl (C=O) groups is 2. The average molecular weight is 397 g/mol. The van der Waals surface area contributed by atoms with Crippen LogP contribution in [0.25, 0.3) is 10.9 Å². The molecule has 0 saturated heterocycles. The van der Waals surface area contributed by atoms with Gasteiger partial charge in [0.25, 0.3) is 5.91 Å². The van der Waals surface area contributed by atoms with Gasteiger partial charge in [-0.05, 0) is 55.6 Å². The summed E-state index contributed by atoms with van der Waals surface area (Å²) in [6, 6.07) is 7.74. The molecule has 1 N–H and O–H groups in total. The Morgan fingerprint density at radius 2 is 2.00 bits per heavy atom. The lowest BCUT2D eigenvalue weighted by molar-refractivity contribution is -0.124. The van der Waals surface area contributed by atoms with Gasteiger partial charge in [-0.3, -0.25) is 9.78 Å². The number of rotatable bonds is 5. The van der Waals surface area contributed by atoms with Crippen LogP contribution in [0.15, 0.2) is 24.3 Å². The minimum Gasteiger partial charge on any atom is -0.452 e. The Morgan fingerprint density at radius 3 is 2.69 bits per heavy atom. The van der Waals surface area contributed by atoms with Gasteiger partial charge >= 0.3 is 5.97 Å². The van der Waals surface area contributed by atoms with Gasteiger partial charge in [-0.25, -0.2) is 4.79 Å². The molecule has 1 amide bonds. The number of hydrogen-bond acceptors (Lipinski definition) is 4. The van der Waals surface area contributed by atoms with Crippen LogP contribution in [0.3, 0.4) is 0 Å². The van der Waals surface area contributed by atoms with Crippen molar-refractivity contribution >= 4 is 22.8 Å². The number of nitrogens with one attached hydrogen (secondary N) is 1. The van der Waals surface area contributed by atoms with Crippen LogP contribution in [0.1, 0.15) is 69.1 Å². The van der Waals surface area contributed by atoms with Crippen LogP contribution in [0.5, 0.6) is 0 Å². The summed E-state index contributed by atoms with van der Waals surface area (Å²) >= 11 is 0. The Balaban J connectivity index is 1.93. The van der Waals surface area contributed by atoms with E-state index in [9.17, 15) is 9.59 Å². The molecule has 2 atom stereocenters. The topological polar surface area (TPSA) is 68.3 Å². The van der Waals surface area contributed by atoms with Gasteiger partial charge in [0.1, 0.15) is 0 Å². The summed E-state index contributed by atoms with van der Waals surface area (Å²) in [6.07, 6.45) is 3.56. The molecule has 29 heavy (non-hydrogen) atoms. The second-order valence-electron chi connectivity index (χ2n) is 9.19. The van der Waals surface area contributed by atoms with Crippen molar-refractivity contribution in [2.24, 2.45) is 11.3 Å². The molecule has 5 nitrogen and oxygen atoms in total. The predicted molar refractivity (Wildman–Crippen MR) is 115 cm³/mol. The van der Waals surface area contributed by atoms with Crippen LogP contribution in [0, 0.1) is 11.3 Å². The zero-order chi connectivity index (χ0) is 21.2. The number of carbonyl (C=O) groups excluding carboxylic acids is 2. The number of amides is 1. The summed E-state index contributed by atoms with van der Waals surface area (Å²) in [4.78, 5) is 30.0. The summed E-state index contributed by atoms with van der Waals surface area (Å²) in [7, 11) is 0. The van der Waals surface area contributed by atoms with Crippen LogP contribution in [-0.2, 0) is 22.4 Å². The maximum Gasteiger partial charge on any atom is 0.339 e. The third-order valence-electron chi connectivity index (χ3n) is 6.04. The molecule has 2 aromatic rings. The number of ether oxygens (including phenoxy) is 1. The molecular weight excluding hydrogens is 364 g/mol. The number of benzene rings is 1. The van der Waals surface area contributed by atoms with Crippen molar-refractivity contribution in [3.05, 3.63) is 41.1 Å². The van der Waals surface area contributed by atoms with Crippen molar-refractivity contribution < 1.29 is 14.3 Å². The standard InChI is InChI=1S/C24H32N2O3/c1-6-15(2)25-21(27)14-29-23(28)22-17-9-7-8-10-19(17)26-20-12-11-16(13-18(20)22)24(3,4)5/h7-10,15-16H,6,11-14H2,1-5H3,(H,25,27)/t15-,16+/m1/s1. The highest BCUT2D eigenvalue weighted by atomic mass is 16.5. The molecule has 0 aliphatic heterocycles. The number of esters is 1. The third kappa shape index (κ3) is 4.77. The molecule has 0 radical (unpaired) electrons. The summed E-state index contributed by atoms with van der Waals surface area (Å²) in [5.74, 6) is -0.237. The molecule has 156 valence electrons. The Hall–Kier alpha value is -2.43. The van der Waals surface area contributed by atoms with Crippen molar-refractivity contribution in [1.29, 1.82) is 0 Å². The fourth-order valence-electron chi connectivity index (χ4n) is 3.98. The molecule has 1 aliphatic rings. The minimum atomic E-state index is -0.436. The third-order valence-corrected chi connectivity index (χ3v) is 6.04. The van der Waals surface area contributed by atoms with Crippen LogP contribution < -0.4 is 5.32 Å². The van der Waals surface area contributed by atoms with Crippen LogP contribution in [0.2, 0.25) is 0 Å². The van der Waals surface area contributed by atoms with Gasteiger partial charge in [0.2, 0.25) is 0 Å². The Kier molecular flexibility index (Phi) is 6.25. The van der Waals surface area contributed by atoms with Crippen molar-refractivity contribution in [1.82, 2.24) is 10.3 Å². The minimum absolute atomic E-state index is 0.0586. The van der Waals surface area contributed by atoms with Crippen molar-refractivity contribution in [2.75, 3.05) is 6.61 Å². The van der Waals surface area contributed by atoms with E-state index in [-0.39, 0.29) is 24.0 Å². The fraction of sp³-hybridized carbons (Fsp3) is 0.542. The van der Waals surface area contributed by atoms with Gasteiger partial charge in [-0.1, -0.05) is 45.9 Å². The van der Waals surface area contributed by atoms with Crippen LogP contribution >= 0.6 is 0 Å². The predicted octanol–water partition coefficient (Wildman–Crippen LogP) is 4.46. The quantitative estimate of drug-likeness (QED) is 0.758. The van der Waals surface area contributed by atoms with E-state index in [1.165, 1.54) is 0 Å². The monoisotopic (exact) mass is 396 g/mol. The van der Waals surface area contributed by atoms with Crippen molar-refractivity contribution in [2.45, 2.75) is 66.3 Å². The maximum atomic E-state index is 13.1. The Labute approximate surface area is 173 Å². The zero-order valence-electron chi connectivity index (χ0n) is 18.2. The summed E-state index contributed by atoms with van der Waals surface area (Å²) in [6.45, 7) is 10.4. The number of para-hydroxylation sites is 1. The first-order valence-corrected chi connectivity index (χ1v) is 10.6. The molecule has 1 heterocycles. The molecule has 0 bridgehead atoms. The highest BCUT2D eigenvalue weighted by molar-refractivity contribution is 6.05. The lowest BCUT2D eigenvalue weighted by Crippen LogP contribution is -2.35. The molecule has 0 saturated carbocycles. The van der Waals surface area contributed by atoms with E-state index in [1.54, 1.807) is 0 Å². The molecule has 5 heteroatoms. The van der Waals surface area contributed by atoms with Gasteiger partial charge < -0.3 is 10.1 Å². The average Bonchev–Trinajstić information content (AvgIpc) is 2.68. The van der Waals surface area contributed by atoms with Gasteiger partial charge in [-0.2, -0.15) is 0 Å². The van der Waals surface area contributed by atoms with Crippen molar-refractivity contribution in [3.63, 3.8) is 0 Å². The SMILES string of the molecule is CC[C@@H](C)NC(=O)COC(=O)c1c2c(nc3ccccc13)CC[C@H](C(C)(C)C)C2. The van der Waals surface area contributed by atoms with E-state index in [1.807, 2.05) is 38.1 Å². The van der Waals surface area contributed by atoms with Crippen LogP contribution in [-0.4, -0.2) is 29.5 Å². The smallest absolute Gasteiger partial charge is 0.339 e. The van der Waals surface area contributed by atoms with Gasteiger partial charge in [0.15, 0.2) is 6.61 Å². The number of nitrogens with zero attached hydrogens (tertiary/aromatic N) is 1. The molecule has 1 aromatic carbocycles. The number of aromatic nitrogens is 1. The van der Waals surface area contributed by atoms with Crippen LogP contribution in [0.4, 0.5) is 0 Å². The first-order valence-electron chi connectivity index (χ1n) is 10.6. The van der Waals surface area contributed by atoms with Gasteiger partial charge in [0, 0.05) is 17.1 Å². The molecular formula is C24H32N2O3. The highest BCUT2D eigenvalue weighted by Gasteiger charge is 2.33. The number of pyridine rings is 1. The fourth-order valence-corrected chi connectivity index (χ4v) is 3.98. The van der Waals surface area contributed by atoms with E-state index in [4.69, 9.17) is 9.72 Å². The molecule has 3 rings (SSSR count). The molecule has 1 aliphatic carbocycles. The summed E-state index contributed by atoms with van der Waals surface area (Å²) in [5.41, 5.74) is 3.51. The van der Waals surface area contributed by atoms with Gasteiger partial charge in [-0.15, -0.1) is 0 Å². The Bertz CT molecular complexity index is 914.